The lowest BCUT2D eigenvalue weighted by Gasteiger charge is -2.15. The van der Waals surface area contributed by atoms with Gasteiger partial charge in [-0.25, -0.2) is 21.6 Å². The largest absolute Gasteiger partial charge is 0.349 e. The van der Waals surface area contributed by atoms with E-state index in [-0.39, 0.29) is 11.4 Å². The molecular weight excluding hydrogens is 468 g/mol. The predicted octanol–water partition coefficient (Wildman–Crippen LogP) is 4.39. The average molecular weight is 477 g/mol. The van der Waals surface area contributed by atoms with Crippen LogP contribution in [0, 0.1) is 21.0 Å². The van der Waals surface area contributed by atoms with E-state index < -0.39 is 38.4 Å². The quantitative estimate of drug-likeness (QED) is 0.497. The molecule has 0 aliphatic carbocycles. The van der Waals surface area contributed by atoms with Crippen molar-refractivity contribution in [3.8, 4) is 0 Å². The van der Waals surface area contributed by atoms with Crippen molar-refractivity contribution in [1.29, 1.82) is 0 Å². The third-order valence-corrected chi connectivity index (χ3v) is 5.05. The summed E-state index contributed by atoms with van der Waals surface area (Å²) in [4.78, 5) is 0. The van der Waals surface area contributed by atoms with Crippen LogP contribution in [0.5, 0.6) is 0 Å². The number of halogens is 5. The number of benzene rings is 2. The summed E-state index contributed by atoms with van der Waals surface area (Å²) < 4.78 is 66.9. The van der Waals surface area contributed by atoms with E-state index in [1.807, 2.05) is 27.3 Å². The van der Waals surface area contributed by atoms with Crippen molar-refractivity contribution < 1.29 is 21.6 Å². The normalized spacial score (nSPS) is 11.3. The first kappa shape index (κ1) is 18.1. The minimum absolute atomic E-state index is 0.138. The van der Waals surface area contributed by atoms with Gasteiger partial charge in [-0.15, -0.1) is 11.6 Å². The van der Waals surface area contributed by atoms with Gasteiger partial charge in [0.25, 0.3) is 0 Å². The Morgan fingerprint density at radius 1 is 1.04 bits per heavy atom. The van der Waals surface area contributed by atoms with Gasteiger partial charge < -0.3 is 5.32 Å². The first-order valence-corrected chi connectivity index (χ1v) is 9.26. The summed E-state index contributed by atoms with van der Waals surface area (Å²) in [6.45, 7) is 0. The van der Waals surface area contributed by atoms with Crippen LogP contribution in [0.1, 0.15) is 0 Å². The molecule has 0 atom stereocenters. The van der Waals surface area contributed by atoms with Gasteiger partial charge in [-0.2, -0.15) is 0 Å². The molecule has 0 bridgehead atoms. The molecule has 2 aromatic carbocycles. The fourth-order valence-electron chi connectivity index (χ4n) is 1.68. The van der Waals surface area contributed by atoms with E-state index in [1.54, 1.807) is 6.07 Å². The maximum absolute atomic E-state index is 14.0. The first-order chi connectivity index (χ1) is 10.7. The summed E-state index contributed by atoms with van der Waals surface area (Å²) >= 11 is 7.16. The molecule has 0 fully saturated rings. The van der Waals surface area contributed by atoms with E-state index in [4.69, 9.17) is 11.6 Å². The van der Waals surface area contributed by atoms with Gasteiger partial charge in [0.05, 0.1) is 11.4 Å². The Bertz CT molecular complexity index is 849. The second-order valence-corrected chi connectivity index (χ2v) is 7.91. The highest BCUT2D eigenvalue weighted by molar-refractivity contribution is 14.1. The number of alkyl halides is 1. The van der Waals surface area contributed by atoms with Crippen LogP contribution in [0.3, 0.4) is 0 Å². The van der Waals surface area contributed by atoms with Gasteiger partial charge in [-0.1, -0.05) is 0 Å². The standard InChI is InChI=1S/C13H9ClF3IN2O2S/c14-6-23(21,22)20-11-4-2-8(15)12(17)13(11)19-10-3-1-7(18)5-9(10)16/h1-5,19-20H,6H2. The molecule has 0 amide bonds. The predicted molar refractivity (Wildman–Crippen MR) is 92.0 cm³/mol. The fraction of sp³-hybridized carbons (Fsp3) is 0.0769. The minimum atomic E-state index is -3.94. The van der Waals surface area contributed by atoms with E-state index in [0.717, 1.165) is 12.1 Å². The molecule has 0 aliphatic heterocycles. The SMILES string of the molecule is O=S(=O)(CCl)Nc1ccc(F)c(F)c1Nc1ccc(I)cc1F. The number of nitrogens with one attached hydrogen (secondary N) is 2. The summed E-state index contributed by atoms with van der Waals surface area (Å²) in [7, 11) is -3.94. The number of anilines is 3. The highest BCUT2D eigenvalue weighted by Crippen LogP contribution is 2.32. The minimum Gasteiger partial charge on any atom is -0.349 e. The van der Waals surface area contributed by atoms with Crippen LogP contribution in [-0.4, -0.2) is 13.6 Å². The molecule has 0 aromatic heterocycles. The van der Waals surface area contributed by atoms with Crippen molar-refractivity contribution in [3.05, 3.63) is 51.4 Å². The van der Waals surface area contributed by atoms with Crippen LogP contribution < -0.4 is 10.0 Å². The third kappa shape index (κ3) is 4.42. The second-order valence-electron chi connectivity index (χ2n) is 4.36. The lowest BCUT2D eigenvalue weighted by molar-refractivity contribution is 0.512. The fourth-order valence-corrected chi connectivity index (χ4v) is 2.85. The third-order valence-electron chi connectivity index (χ3n) is 2.69. The highest BCUT2D eigenvalue weighted by Gasteiger charge is 2.19. The molecule has 4 nitrogen and oxygen atoms in total. The molecule has 23 heavy (non-hydrogen) atoms. The van der Waals surface area contributed by atoms with Gasteiger partial charge >= 0.3 is 0 Å². The van der Waals surface area contributed by atoms with Crippen molar-refractivity contribution in [2.45, 2.75) is 0 Å². The molecule has 10 heteroatoms. The van der Waals surface area contributed by atoms with Crippen LogP contribution in [0.4, 0.5) is 30.2 Å². The highest BCUT2D eigenvalue weighted by atomic mass is 127. The van der Waals surface area contributed by atoms with Gasteiger partial charge in [0, 0.05) is 3.57 Å². The molecule has 2 aromatic rings. The maximum Gasteiger partial charge on any atom is 0.246 e. The van der Waals surface area contributed by atoms with Gasteiger partial charge in [0.15, 0.2) is 11.6 Å². The zero-order valence-electron chi connectivity index (χ0n) is 11.2. The monoisotopic (exact) mass is 476 g/mol. The zero-order valence-corrected chi connectivity index (χ0v) is 14.9. The topological polar surface area (TPSA) is 58.2 Å². The summed E-state index contributed by atoms with van der Waals surface area (Å²) in [5, 5.41) is 1.59. The Balaban J connectivity index is 2.49. The van der Waals surface area contributed by atoms with E-state index in [9.17, 15) is 21.6 Å². The number of rotatable bonds is 5. The smallest absolute Gasteiger partial charge is 0.246 e. The Labute approximate surface area is 149 Å². The molecule has 0 saturated carbocycles. The van der Waals surface area contributed by atoms with Crippen LogP contribution >= 0.6 is 34.2 Å². The van der Waals surface area contributed by atoms with Crippen molar-refractivity contribution in [1.82, 2.24) is 0 Å². The van der Waals surface area contributed by atoms with Gasteiger partial charge in [0.2, 0.25) is 10.0 Å². The molecule has 0 heterocycles. The second kappa shape index (κ2) is 7.14. The molecule has 124 valence electrons. The van der Waals surface area contributed by atoms with E-state index >= 15 is 0 Å². The van der Waals surface area contributed by atoms with Gasteiger partial charge in [-0.05, 0) is 52.9 Å². The van der Waals surface area contributed by atoms with E-state index in [2.05, 4.69) is 5.32 Å². The molecule has 2 rings (SSSR count). The molecule has 0 unspecified atom stereocenters. The Morgan fingerprint density at radius 3 is 2.30 bits per heavy atom. The van der Waals surface area contributed by atoms with Crippen molar-refractivity contribution in [3.63, 3.8) is 0 Å². The Hall–Kier alpha value is -1.20. The molecule has 0 saturated heterocycles. The Kier molecular flexibility index (Phi) is 5.63. The number of hydrogen-bond acceptors (Lipinski definition) is 3. The summed E-state index contributed by atoms with van der Waals surface area (Å²) in [6, 6.07) is 5.81. The van der Waals surface area contributed by atoms with Crippen LogP contribution in [0.25, 0.3) is 0 Å². The average Bonchev–Trinajstić information content (AvgIpc) is 2.48. The van der Waals surface area contributed by atoms with Gasteiger partial charge in [0.1, 0.15) is 16.7 Å². The van der Waals surface area contributed by atoms with Crippen LogP contribution in [-0.2, 0) is 10.0 Å². The van der Waals surface area contributed by atoms with Crippen molar-refractivity contribution in [2.75, 3.05) is 15.3 Å². The Morgan fingerprint density at radius 2 is 1.70 bits per heavy atom. The number of sulfonamides is 1. The zero-order chi connectivity index (χ0) is 17.2. The lowest BCUT2D eigenvalue weighted by atomic mass is 10.2. The summed E-state index contributed by atoms with van der Waals surface area (Å²) in [5.41, 5.74) is -0.970. The molecule has 0 radical (unpaired) electrons. The van der Waals surface area contributed by atoms with Gasteiger partial charge in [-0.3, -0.25) is 4.72 Å². The molecule has 2 N–H and O–H groups in total. The van der Waals surface area contributed by atoms with E-state index in [0.29, 0.717) is 3.57 Å². The summed E-state index contributed by atoms with van der Waals surface area (Å²) in [6.07, 6.45) is 0. The lowest BCUT2D eigenvalue weighted by Crippen LogP contribution is -2.15. The van der Waals surface area contributed by atoms with Crippen molar-refractivity contribution >= 4 is 61.3 Å². The molecule has 0 spiro atoms. The van der Waals surface area contributed by atoms with Crippen LogP contribution in [0.2, 0.25) is 0 Å². The summed E-state index contributed by atoms with van der Waals surface area (Å²) in [5.74, 6) is -3.27. The van der Waals surface area contributed by atoms with Crippen LogP contribution in [0.15, 0.2) is 30.3 Å². The van der Waals surface area contributed by atoms with E-state index in [1.165, 1.54) is 12.1 Å². The first-order valence-electron chi connectivity index (χ1n) is 6.00. The maximum atomic E-state index is 14.0. The van der Waals surface area contributed by atoms with Crippen molar-refractivity contribution in [2.24, 2.45) is 0 Å². The molecule has 0 aliphatic rings. The number of hydrogen-bond donors (Lipinski definition) is 2. The molecular formula is C13H9ClF3IN2O2S.